The number of sulfonamides is 1. The third-order valence-electron chi connectivity index (χ3n) is 4.51. The molecule has 0 aliphatic carbocycles. The second-order valence-corrected chi connectivity index (χ2v) is 9.96. The van der Waals surface area contributed by atoms with Crippen LogP contribution in [0.25, 0.3) is 0 Å². The number of aryl methyl sites for hydroxylation is 1. The fourth-order valence-corrected chi connectivity index (χ4v) is 5.89. The minimum absolute atomic E-state index is 0.0456. The topological polar surface area (TPSA) is 88.3 Å². The van der Waals surface area contributed by atoms with Crippen LogP contribution in [0.1, 0.15) is 42.3 Å². The molecular formula is C16H24N4O3S2. The molecule has 2 aromatic rings. The number of hydrogen-bond acceptors (Lipinski definition) is 7. The van der Waals surface area contributed by atoms with Crippen LogP contribution in [-0.4, -0.2) is 49.0 Å². The second kappa shape index (κ2) is 7.53. The number of hydrogen-bond donors (Lipinski definition) is 1. The minimum atomic E-state index is -3.45. The van der Waals surface area contributed by atoms with Crippen LogP contribution in [0.3, 0.4) is 0 Å². The molecule has 0 radical (unpaired) electrons. The molecule has 1 N–H and O–H groups in total. The zero-order valence-corrected chi connectivity index (χ0v) is 16.4. The van der Waals surface area contributed by atoms with E-state index in [9.17, 15) is 8.42 Å². The summed E-state index contributed by atoms with van der Waals surface area (Å²) in [4.78, 5) is 5.47. The summed E-state index contributed by atoms with van der Waals surface area (Å²) in [5, 5.41) is 7.18. The van der Waals surface area contributed by atoms with Gasteiger partial charge >= 0.3 is 0 Å². The minimum Gasteiger partial charge on any atom is -0.339 e. The van der Waals surface area contributed by atoms with Gasteiger partial charge in [-0.15, -0.1) is 11.3 Å². The van der Waals surface area contributed by atoms with Crippen molar-refractivity contribution in [2.45, 2.75) is 49.3 Å². The molecule has 3 heterocycles. The Morgan fingerprint density at radius 3 is 2.96 bits per heavy atom. The first-order valence-corrected chi connectivity index (χ1v) is 10.7. The number of piperidine rings is 1. The van der Waals surface area contributed by atoms with Crippen molar-refractivity contribution >= 4 is 21.4 Å². The maximum atomic E-state index is 12.8. The molecule has 0 saturated carbocycles. The molecule has 0 amide bonds. The molecule has 7 nitrogen and oxygen atoms in total. The Kier molecular flexibility index (Phi) is 5.57. The Labute approximate surface area is 152 Å². The van der Waals surface area contributed by atoms with Crippen molar-refractivity contribution in [2.24, 2.45) is 0 Å². The Morgan fingerprint density at radius 1 is 1.48 bits per heavy atom. The Bertz CT molecular complexity index is 815. The summed E-state index contributed by atoms with van der Waals surface area (Å²) in [7, 11) is -1.56. The average molecular weight is 385 g/mol. The van der Waals surface area contributed by atoms with Gasteiger partial charge in [-0.25, -0.2) is 8.42 Å². The van der Waals surface area contributed by atoms with E-state index in [0.717, 1.165) is 17.7 Å². The maximum absolute atomic E-state index is 12.8. The zero-order valence-electron chi connectivity index (χ0n) is 14.7. The van der Waals surface area contributed by atoms with Crippen molar-refractivity contribution in [3.8, 4) is 0 Å². The molecule has 0 spiro atoms. The molecule has 0 bridgehead atoms. The van der Waals surface area contributed by atoms with E-state index in [1.165, 1.54) is 11.3 Å². The van der Waals surface area contributed by atoms with Gasteiger partial charge in [-0.1, -0.05) is 5.16 Å². The molecule has 1 saturated heterocycles. The van der Waals surface area contributed by atoms with Crippen LogP contribution in [0.4, 0.5) is 0 Å². The van der Waals surface area contributed by atoms with Crippen LogP contribution in [0.5, 0.6) is 0 Å². The molecule has 2 aromatic heterocycles. The van der Waals surface area contributed by atoms with Gasteiger partial charge in [-0.3, -0.25) is 0 Å². The summed E-state index contributed by atoms with van der Waals surface area (Å²) in [6.45, 7) is 4.89. The third kappa shape index (κ3) is 4.11. The summed E-state index contributed by atoms with van der Waals surface area (Å²) in [5.74, 6) is 1.15. The predicted octanol–water partition coefficient (Wildman–Crippen LogP) is 2.16. The van der Waals surface area contributed by atoms with Crippen LogP contribution in [0.15, 0.2) is 20.9 Å². The van der Waals surface area contributed by atoms with Crippen LogP contribution in [0.2, 0.25) is 0 Å². The first kappa shape index (κ1) is 18.5. The van der Waals surface area contributed by atoms with Crippen LogP contribution < -0.4 is 5.32 Å². The van der Waals surface area contributed by atoms with Crippen molar-refractivity contribution in [1.29, 1.82) is 0 Å². The monoisotopic (exact) mass is 384 g/mol. The van der Waals surface area contributed by atoms with Crippen molar-refractivity contribution in [3.63, 3.8) is 0 Å². The van der Waals surface area contributed by atoms with Crippen molar-refractivity contribution in [2.75, 3.05) is 20.1 Å². The van der Waals surface area contributed by atoms with Gasteiger partial charge < -0.3 is 9.84 Å². The second-order valence-electron chi connectivity index (χ2n) is 6.51. The molecule has 1 aliphatic rings. The van der Waals surface area contributed by atoms with Crippen LogP contribution in [0, 0.1) is 6.92 Å². The Hall–Kier alpha value is -1.29. The highest BCUT2D eigenvalue weighted by Gasteiger charge is 2.34. The first-order chi connectivity index (χ1) is 11.9. The highest BCUT2D eigenvalue weighted by Crippen LogP contribution is 2.31. The lowest BCUT2D eigenvalue weighted by atomic mass is 10.00. The molecule has 1 aliphatic heterocycles. The summed E-state index contributed by atoms with van der Waals surface area (Å²) in [6, 6.07) is 3.78. The lowest BCUT2D eigenvalue weighted by molar-refractivity contribution is 0.265. The molecule has 2 unspecified atom stereocenters. The van der Waals surface area contributed by atoms with Gasteiger partial charge in [0.2, 0.25) is 5.89 Å². The predicted molar refractivity (Wildman–Crippen MR) is 96.3 cm³/mol. The van der Waals surface area contributed by atoms with Gasteiger partial charge in [0, 0.05) is 30.4 Å². The number of aromatic nitrogens is 2. The first-order valence-electron chi connectivity index (χ1n) is 8.46. The van der Waals surface area contributed by atoms with E-state index in [4.69, 9.17) is 4.52 Å². The Balaban J connectivity index is 1.73. The third-order valence-corrected chi connectivity index (χ3v) is 7.84. The average Bonchev–Trinajstić information content (AvgIpc) is 3.24. The van der Waals surface area contributed by atoms with Gasteiger partial charge in [0.05, 0.1) is 5.92 Å². The molecule has 2 atom stereocenters. The van der Waals surface area contributed by atoms with Crippen LogP contribution in [-0.2, 0) is 16.4 Å². The smallest absolute Gasteiger partial charge is 0.252 e. The van der Waals surface area contributed by atoms with E-state index in [-0.39, 0.29) is 12.0 Å². The lowest BCUT2D eigenvalue weighted by Gasteiger charge is -2.29. The van der Waals surface area contributed by atoms with Crippen LogP contribution >= 0.6 is 11.3 Å². The highest BCUT2D eigenvalue weighted by atomic mass is 32.2. The molecule has 0 aromatic carbocycles. The number of nitrogens with one attached hydrogen (secondary N) is 1. The fourth-order valence-electron chi connectivity index (χ4n) is 2.93. The summed E-state index contributed by atoms with van der Waals surface area (Å²) >= 11 is 1.31. The molecule has 3 rings (SSSR count). The standard InChI is InChI=1S/C16H24N4O3S2/c1-11(17-3)9-14-18-16(23-19-14)13-5-4-8-20(10-13)25(21,22)15-7-6-12(2)24-15/h6-7,11,13,17H,4-5,8-10H2,1-3H3. The van der Waals surface area contributed by atoms with E-state index in [1.807, 2.05) is 27.0 Å². The normalized spacial score (nSPS) is 20.7. The molecule has 1 fully saturated rings. The van der Waals surface area contributed by atoms with Gasteiger partial charge in [0.25, 0.3) is 10.0 Å². The van der Waals surface area contributed by atoms with E-state index in [0.29, 0.717) is 35.4 Å². The van der Waals surface area contributed by atoms with E-state index in [1.54, 1.807) is 10.4 Å². The van der Waals surface area contributed by atoms with Crippen molar-refractivity contribution < 1.29 is 12.9 Å². The van der Waals surface area contributed by atoms with Gasteiger partial charge in [0.1, 0.15) is 4.21 Å². The molecule has 138 valence electrons. The van der Waals surface area contributed by atoms with E-state index < -0.39 is 10.0 Å². The number of rotatable bonds is 6. The Morgan fingerprint density at radius 2 is 2.28 bits per heavy atom. The highest BCUT2D eigenvalue weighted by molar-refractivity contribution is 7.91. The maximum Gasteiger partial charge on any atom is 0.252 e. The molecule has 25 heavy (non-hydrogen) atoms. The number of thiophene rings is 1. The summed E-state index contributed by atoms with van der Waals surface area (Å²) in [6.07, 6.45) is 2.33. The quantitative estimate of drug-likeness (QED) is 0.821. The SMILES string of the molecule is CNC(C)Cc1noc(C2CCCN(S(=O)(=O)c3ccc(C)s3)C2)n1. The number of nitrogens with zero attached hydrogens (tertiary/aromatic N) is 3. The van der Waals surface area contributed by atoms with Gasteiger partial charge in [-0.2, -0.15) is 9.29 Å². The number of likely N-dealkylation sites (N-methyl/N-ethyl adjacent to an activating group) is 1. The van der Waals surface area contributed by atoms with Crippen molar-refractivity contribution in [3.05, 3.63) is 28.7 Å². The summed E-state index contributed by atoms with van der Waals surface area (Å²) < 4.78 is 33.0. The molecular weight excluding hydrogens is 360 g/mol. The largest absolute Gasteiger partial charge is 0.339 e. The van der Waals surface area contributed by atoms with Crippen molar-refractivity contribution in [1.82, 2.24) is 19.8 Å². The lowest BCUT2D eigenvalue weighted by Crippen LogP contribution is -2.38. The van der Waals surface area contributed by atoms with Gasteiger partial charge in [-0.05, 0) is 45.9 Å². The van der Waals surface area contributed by atoms with E-state index >= 15 is 0 Å². The summed E-state index contributed by atoms with van der Waals surface area (Å²) in [5.41, 5.74) is 0. The zero-order chi connectivity index (χ0) is 18.0. The van der Waals surface area contributed by atoms with Gasteiger partial charge in [0.15, 0.2) is 5.82 Å². The molecule has 9 heteroatoms. The fraction of sp³-hybridized carbons (Fsp3) is 0.625. The van der Waals surface area contributed by atoms with E-state index in [2.05, 4.69) is 15.5 Å².